The number of carbonyl (C=O) groups is 1. The first-order valence-electron chi connectivity index (χ1n) is 8.34. The van der Waals surface area contributed by atoms with Crippen LogP contribution in [-0.4, -0.2) is 58.7 Å². The summed E-state index contributed by atoms with van der Waals surface area (Å²) in [7, 11) is 3.92. The Hall–Kier alpha value is -1.92. The Kier molecular flexibility index (Phi) is 5.11. The van der Waals surface area contributed by atoms with Gasteiger partial charge in [0.1, 0.15) is 5.82 Å². The van der Waals surface area contributed by atoms with Crippen molar-refractivity contribution in [2.45, 2.75) is 25.8 Å². The number of likely N-dealkylation sites (tertiary alicyclic amines) is 1. The minimum Gasteiger partial charge on any atom is -0.337 e. The SMILES string of the molecule is Cc1cc(C(=O)N(C)C2CCN(C)CC2)nn1-c1ccc(Cl)c(F)c1. The minimum absolute atomic E-state index is 0.0619. The molecule has 3 rings (SSSR count). The molecule has 2 heterocycles. The van der Waals surface area contributed by atoms with Gasteiger partial charge in [-0.25, -0.2) is 9.07 Å². The van der Waals surface area contributed by atoms with Gasteiger partial charge in [0.2, 0.25) is 0 Å². The first-order chi connectivity index (χ1) is 11.9. The number of rotatable bonds is 3. The summed E-state index contributed by atoms with van der Waals surface area (Å²) in [5, 5.41) is 4.45. The van der Waals surface area contributed by atoms with E-state index in [1.165, 1.54) is 12.1 Å². The topological polar surface area (TPSA) is 41.4 Å². The van der Waals surface area contributed by atoms with E-state index >= 15 is 0 Å². The van der Waals surface area contributed by atoms with Crippen molar-refractivity contribution in [1.29, 1.82) is 0 Å². The van der Waals surface area contributed by atoms with Crippen LogP contribution >= 0.6 is 11.6 Å². The number of hydrogen-bond donors (Lipinski definition) is 0. The molecule has 0 aliphatic carbocycles. The van der Waals surface area contributed by atoms with E-state index in [0.29, 0.717) is 11.4 Å². The lowest BCUT2D eigenvalue weighted by Gasteiger charge is -2.34. The van der Waals surface area contributed by atoms with Crippen molar-refractivity contribution >= 4 is 17.5 Å². The number of amides is 1. The molecule has 7 heteroatoms. The number of aromatic nitrogens is 2. The quantitative estimate of drug-likeness (QED) is 0.840. The van der Waals surface area contributed by atoms with E-state index in [-0.39, 0.29) is 17.0 Å². The summed E-state index contributed by atoms with van der Waals surface area (Å²) in [5.74, 6) is -0.615. The van der Waals surface area contributed by atoms with E-state index in [4.69, 9.17) is 11.6 Å². The average molecular weight is 365 g/mol. The molecule has 0 bridgehead atoms. The van der Waals surface area contributed by atoms with E-state index in [1.54, 1.807) is 21.7 Å². The van der Waals surface area contributed by atoms with Crippen molar-refractivity contribution in [3.05, 3.63) is 46.5 Å². The normalized spacial score (nSPS) is 16.2. The fourth-order valence-corrected chi connectivity index (χ4v) is 3.30. The molecule has 25 heavy (non-hydrogen) atoms. The largest absolute Gasteiger partial charge is 0.337 e. The number of piperidine rings is 1. The van der Waals surface area contributed by atoms with Gasteiger partial charge in [0.15, 0.2) is 5.69 Å². The standard InChI is InChI=1S/C18H22ClFN4O/c1-12-10-17(18(25)23(3)13-6-8-22(2)9-7-13)21-24(12)14-4-5-15(19)16(20)11-14/h4-5,10-11,13H,6-9H2,1-3H3. The zero-order chi connectivity index (χ0) is 18.1. The van der Waals surface area contributed by atoms with Gasteiger partial charge in [-0.15, -0.1) is 0 Å². The molecule has 1 saturated heterocycles. The Morgan fingerprint density at radius 2 is 2.00 bits per heavy atom. The molecule has 2 aromatic rings. The summed E-state index contributed by atoms with van der Waals surface area (Å²) in [6.07, 6.45) is 1.92. The van der Waals surface area contributed by atoms with Crippen LogP contribution in [-0.2, 0) is 0 Å². The van der Waals surface area contributed by atoms with Gasteiger partial charge in [0.05, 0.1) is 10.7 Å². The Morgan fingerprint density at radius 3 is 2.64 bits per heavy atom. The zero-order valence-electron chi connectivity index (χ0n) is 14.7. The molecule has 0 radical (unpaired) electrons. The molecule has 0 spiro atoms. The number of halogens is 2. The maximum Gasteiger partial charge on any atom is 0.274 e. The van der Waals surface area contributed by atoms with Crippen molar-refractivity contribution in [1.82, 2.24) is 19.6 Å². The highest BCUT2D eigenvalue weighted by Crippen LogP contribution is 2.21. The molecule has 1 fully saturated rings. The molecule has 1 aromatic carbocycles. The molecule has 0 saturated carbocycles. The molecule has 5 nitrogen and oxygen atoms in total. The molecular formula is C18H22ClFN4O. The number of nitrogens with zero attached hydrogens (tertiary/aromatic N) is 4. The van der Waals surface area contributed by atoms with Crippen molar-refractivity contribution in [3.8, 4) is 5.69 Å². The first-order valence-corrected chi connectivity index (χ1v) is 8.72. The van der Waals surface area contributed by atoms with E-state index < -0.39 is 5.82 Å². The number of aryl methyl sites for hydroxylation is 1. The summed E-state index contributed by atoms with van der Waals surface area (Å²) in [5.41, 5.74) is 1.68. The predicted molar refractivity (Wildman–Crippen MR) is 95.9 cm³/mol. The molecule has 134 valence electrons. The fourth-order valence-electron chi connectivity index (χ4n) is 3.19. The Balaban J connectivity index is 1.81. The van der Waals surface area contributed by atoms with Gasteiger partial charge < -0.3 is 9.80 Å². The molecule has 1 aromatic heterocycles. The molecule has 1 amide bonds. The van der Waals surface area contributed by atoms with Crippen LogP contribution in [0, 0.1) is 12.7 Å². The van der Waals surface area contributed by atoms with Crippen LogP contribution in [0.4, 0.5) is 4.39 Å². The zero-order valence-corrected chi connectivity index (χ0v) is 15.4. The summed E-state index contributed by atoms with van der Waals surface area (Å²) >= 11 is 5.73. The second kappa shape index (κ2) is 7.14. The van der Waals surface area contributed by atoms with Crippen LogP contribution in [0.1, 0.15) is 29.0 Å². The van der Waals surface area contributed by atoms with Crippen LogP contribution in [0.2, 0.25) is 5.02 Å². The van der Waals surface area contributed by atoms with Gasteiger partial charge in [-0.1, -0.05) is 11.6 Å². The number of carbonyl (C=O) groups excluding carboxylic acids is 1. The molecule has 1 aliphatic heterocycles. The average Bonchev–Trinajstić information content (AvgIpc) is 2.98. The Labute approximate surface area is 152 Å². The van der Waals surface area contributed by atoms with Gasteiger partial charge in [-0.3, -0.25) is 4.79 Å². The lowest BCUT2D eigenvalue weighted by atomic mass is 10.0. The van der Waals surface area contributed by atoms with Crippen LogP contribution in [0.15, 0.2) is 24.3 Å². The Morgan fingerprint density at radius 1 is 1.32 bits per heavy atom. The van der Waals surface area contributed by atoms with Crippen LogP contribution < -0.4 is 0 Å². The second-order valence-corrected chi connectivity index (χ2v) is 7.04. The fraction of sp³-hybridized carbons (Fsp3) is 0.444. The van der Waals surface area contributed by atoms with Gasteiger partial charge in [0.25, 0.3) is 5.91 Å². The lowest BCUT2D eigenvalue weighted by Crippen LogP contribution is -2.44. The summed E-state index contributed by atoms with van der Waals surface area (Å²) < 4.78 is 15.3. The second-order valence-electron chi connectivity index (χ2n) is 6.63. The van der Waals surface area contributed by atoms with Gasteiger partial charge in [0, 0.05) is 24.8 Å². The van der Waals surface area contributed by atoms with Gasteiger partial charge in [-0.05, 0) is 58.1 Å². The summed E-state index contributed by atoms with van der Waals surface area (Å²) in [6, 6.07) is 6.44. The van der Waals surface area contributed by atoms with E-state index in [2.05, 4.69) is 17.0 Å². The highest BCUT2D eigenvalue weighted by atomic mass is 35.5. The van der Waals surface area contributed by atoms with E-state index in [0.717, 1.165) is 31.6 Å². The molecule has 0 atom stereocenters. The maximum absolute atomic E-state index is 13.7. The highest BCUT2D eigenvalue weighted by Gasteiger charge is 2.26. The Bertz CT molecular complexity index is 783. The number of benzene rings is 1. The van der Waals surface area contributed by atoms with Crippen molar-refractivity contribution < 1.29 is 9.18 Å². The third-order valence-corrected chi connectivity index (χ3v) is 5.12. The smallest absolute Gasteiger partial charge is 0.274 e. The monoisotopic (exact) mass is 364 g/mol. The minimum atomic E-state index is -0.509. The van der Waals surface area contributed by atoms with Crippen LogP contribution in [0.5, 0.6) is 0 Å². The third-order valence-electron chi connectivity index (χ3n) is 4.81. The first kappa shape index (κ1) is 17.9. The summed E-state index contributed by atoms with van der Waals surface area (Å²) in [6.45, 7) is 3.81. The predicted octanol–water partition coefficient (Wildman–Crippen LogP) is 3.14. The molecule has 0 unspecified atom stereocenters. The van der Waals surface area contributed by atoms with E-state index in [1.807, 2.05) is 14.0 Å². The molecule has 0 N–H and O–H groups in total. The van der Waals surface area contributed by atoms with Crippen molar-refractivity contribution in [3.63, 3.8) is 0 Å². The highest BCUT2D eigenvalue weighted by molar-refractivity contribution is 6.30. The van der Waals surface area contributed by atoms with Crippen LogP contribution in [0.25, 0.3) is 5.69 Å². The van der Waals surface area contributed by atoms with Crippen molar-refractivity contribution in [2.75, 3.05) is 27.2 Å². The van der Waals surface area contributed by atoms with Gasteiger partial charge in [-0.2, -0.15) is 5.10 Å². The van der Waals surface area contributed by atoms with Crippen molar-refractivity contribution in [2.24, 2.45) is 0 Å². The maximum atomic E-state index is 13.7. The van der Waals surface area contributed by atoms with Crippen LogP contribution in [0.3, 0.4) is 0 Å². The van der Waals surface area contributed by atoms with E-state index in [9.17, 15) is 9.18 Å². The number of hydrogen-bond acceptors (Lipinski definition) is 3. The van der Waals surface area contributed by atoms with Gasteiger partial charge >= 0.3 is 0 Å². The molecular weight excluding hydrogens is 343 g/mol. The third kappa shape index (κ3) is 3.70. The lowest BCUT2D eigenvalue weighted by molar-refractivity contribution is 0.0653. The summed E-state index contributed by atoms with van der Waals surface area (Å²) in [4.78, 5) is 16.8. The molecule has 1 aliphatic rings.